The lowest BCUT2D eigenvalue weighted by Crippen LogP contribution is -2.60. The van der Waals surface area contributed by atoms with Gasteiger partial charge in [0.05, 0.1) is 42.3 Å². The average molecular weight is 807 g/mol. The van der Waals surface area contributed by atoms with Crippen molar-refractivity contribution in [2.45, 2.75) is 99.9 Å². The number of anilines is 2. The number of hydrogen-bond acceptors (Lipinski definition) is 13. The zero-order chi connectivity index (χ0) is 41.1. The van der Waals surface area contributed by atoms with Gasteiger partial charge in [-0.3, -0.25) is 24.5 Å². The number of carbonyl (C=O) groups excluding carboxylic acids is 3. The van der Waals surface area contributed by atoms with Gasteiger partial charge >= 0.3 is 0 Å². The maximum absolute atomic E-state index is 14.9. The van der Waals surface area contributed by atoms with E-state index in [0.717, 1.165) is 11.1 Å². The minimum atomic E-state index is -3.22. The second kappa shape index (κ2) is 15.3. The topological polar surface area (TPSA) is 253 Å². The van der Waals surface area contributed by atoms with Gasteiger partial charge in [0, 0.05) is 41.4 Å². The Bertz CT molecular complexity index is 2060. The van der Waals surface area contributed by atoms with E-state index in [-0.39, 0.29) is 49.0 Å². The average Bonchev–Trinajstić information content (AvgIpc) is 3.60. The van der Waals surface area contributed by atoms with Crippen LogP contribution in [-0.2, 0) is 49.0 Å². The van der Waals surface area contributed by atoms with Crippen LogP contribution in [0.4, 0.5) is 17.1 Å². The Balaban J connectivity index is 1.16. The summed E-state index contributed by atoms with van der Waals surface area (Å²) in [6.45, 7) is 5.17. The Morgan fingerprint density at radius 3 is 2.33 bits per heavy atom. The van der Waals surface area contributed by atoms with E-state index < -0.39 is 85.0 Å². The van der Waals surface area contributed by atoms with Crippen LogP contribution in [0.2, 0.25) is 18.6 Å². The van der Waals surface area contributed by atoms with Crippen molar-refractivity contribution in [1.29, 1.82) is 0 Å². The lowest BCUT2D eigenvalue weighted by molar-refractivity contribution is -0.385. The number of aliphatic hydroxyl groups excluding tert-OH is 5. The molecule has 7 rings (SSSR count). The van der Waals surface area contributed by atoms with Gasteiger partial charge in [-0.1, -0.05) is 43.3 Å². The van der Waals surface area contributed by atoms with Gasteiger partial charge in [-0.15, -0.1) is 0 Å². The molecule has 2 saturated heterocycles. The number of amides is 3. The van der Waals surface area contributed by atoms with Crippen LogP contribution in [0, 0.1) is 16.0 Å². The van der Waals surface area contributed by atoms with Crippen molar-refractivity contribution in [2.24, 2.45) is 5.92 Å². The first-order valence-electron chi connectivity index (χ1n) is 18.7. The molecule has 4 heterocycles. The van der Waals surface area contributed by atoms with E-state index >= 15 is 0 Å². The summed E-state index contributed by atoms with van der Waals surface area (Å²) in [6.07, 6.45) is -9.71. The number of non-ortho nitro benzene ring substituents is 1. The summed E-state index contributed by atoms with van der Waals surface area (Å²) >= 11 is 0. The standard InChI is InChI=1S/C39H46N4O13Si/c1-20-35(57(2,3)54)29(16-30(45)41-18-23-7-5-4-6-22(23)14-26(41)19-44)56-39(20)27-15-25(43(52)53)12-13-28(27)42(38(39)51)17-21-8-10-24(11-9-21)40-36(49)34-32(47)31(46)33(48)37(50)55-34/h4-13,15,20,26,29,31-35,37,44,46-48,50,54H,14,16-19H2,1-3H3,(H,40,49)/t20-,26+,29+,31+,32+,33-,34+,35-,37-,39+/m1/s1. The highest BCUT2D eigenvalue weighted by Gasteiger charge is 2.67. The number of nitrogens with one attached hydrogen (secondary N) is 1. The highest BCUT2D eigenvalue weighted by Crippen LogP contribution is 2.60. The molecule has 18 heteroatoms. The van der Waals surface area contributed by atoms with E-state index in [1.54, 1.807) is 37.1 Å². The molecule has 1 spiro atoms. The minimum absolute atomic E-state index is 0.0317. The van der Waals surface area contributed by atoms with Gasteiger partial charge in [-0.05, 0) is 54.4 Å². The molecule has 4 aliphatic heterocycles. The van der Waals surface area contributed by atoms with Gasteiger partial charge in [-0.25, -0.2) is 0 Å². The first kappa shape index (κ1) is 40.6. The molecular formula is C39H46N4O13Si. The summed E-state index contributed by atoms with van der Waals surface area (Å²) in [5.41, 5.74) is 0.717. The van der Waals surface area contributed by atoms with E-state index in [4.69, 9.17) is 9.47 Å². The van der Waals surface area contributed by atoms with Gasteiger partial charge in [0.2, 0.25) is 5.91 Å². The van der Waals surface area contributed by atoms with Crippen LogP contribution in [-0.4, -0.2) is 116 Å². The number of nitro groups is 1. The second-order valence-corrected chi connectivity index (χ2v) is 19.8. The lowest BCUT2D eigenvalue weighted by Gasteiger charge is -2.37. The van der Waals surface area contributed by atoms with E-state index in [2.05, 4.69) is 5.32 Å². The Morgan fingerprint density at radius 2 is 1.68 bits per heavy atom. The predicted octanol–water partition coefficient (Wildman–Crippen LogP) is 1.01. The number of carbonyl (C=O) groups is 3. The zero-order valence-corrected chi connectivity index (χ0v) is 32.5. The van der Waals surface area contributed by atoms with Crippen LogP contribution in [0.3, 0.4) is 0 Å². The number of nitro benzene ring substituents is 1. The van der Waals surface area contributed by atoms with Crippen molar-refractivity contribution in [3.05, 3.63) is 99.1 Å². The molecule has 7 N–H and O–H groups in total. The van der Waals surface area contributed by atoms with Crippen LogP contribution in [0.1, 0.15) is 35.6 Å². The predicted molar refractivity (Wildman–Crippen MR) is 204 cm³/mol. The zero-order valence-electron chi connectivity index (χ0n) is 31.5. The quantitative estimate of drug-likeness (QED) is 0.0907. The van der Waals surface area contributed by atoms with Crippen molar-refractivity contribution in [2.75, 3.05) is 16.8 Å². The molecule has 2 fully saturated rings. The SMILES string of the molecule is C[C@@H]1[C@@H]([Si](C)(C)O)[C@H](CC(=O)N2Cc3ccccc3C[C@H]2CO)O[C@@]12C(=O)N(Cc1ccc(NC(=O)[C@H]3O[C@@H](O)[C@H](O)[C@@H](O)[C@@H]3O)cc1)c1ccc([N+](=O)[O-])cc12. The van der Waals surface area contributed by atoms with Gasteiger partial charge in [0.25, 0.3) is 17.5 Å². The highest BCUT2D eigenvalue weighted by molar-refractivity contribution is 6.71. The summed E-state index contributed by atoms with van der Waals surface area (Å²) in [5, 5.41) is 64.6. The maximum Gasteiger partial charge on any atom is 0.269 e. The monoisotopic (exact) mass is 806 g/mol. The summed E-state index contributed by atoms with van der Waals surface area (Å²) in [5.74, 6) is -2.45. The van der Waals surface area contributed by atoms with E-state index in [1.165, 1.54) is 35.2 Å². The van der Waals surface area contributed by atoms with Crippen molar-refractivity contribution >= 4 is 43.1 Å². The molecule has 10 atom stereocenters. The number of hydrogen-bond donors (Lipinski definition) is 7. The van der Waals surface area contributed by atoms with Crippen molar-refractivity contribution in [1.82, 2.24) is 4.90 Å². The molecule has 3 aromatic carbocycles. The molecule has 3 aromatic rings. The highest BCUT2D eigenvalue weighted by atomic mass is 28.4. The van der Waals surface area contributed by atoms with Gasteiger partial charge in [0.1, 0.15) is 18.3 Å². The molecule has 304 valence electrons. The van der Waals surface area contributed by atoms with Crippen LogP contribution >= 0.6 is 0 Å². The summed E-state index contributed by atoms with van der Waals surface area (Å²) in [7, 11) is -3.22. The minimum Gasteiger partial charge on any atom is -0.432 e. The number of aliphatic hydroxyl groups is 5. The molecular weight excluding hydrogens is 761 g/mol. The molecule has 0 unspecified atom stereocenters. The normalized spacial score (nSPS) is 31.0. The van der Waals surface area contributed by atoms with Gasteiger partial charge in [-0.2, -0.15) is 0 Å². The Labute approximate surface area is 328 Å². The molecule has 0 aliphatic carbocycles. The van der Waals surface area contributed by atoms with E-state index in [9.17, 15) is 54.8 Å². The fourth-order valence-electron chi connectivity index (χ4n) is 9.04. The molecule has 4 aliphatic rings. The Morgan fingerprint density at radius 1 is 1.00 bits per heavy atom. The molecule has 0 bridgehead atoms. The third kappa shape index (κ3) is 7.14. The van der Waals surface area contributed by atoms with Gasteiger partial charge < -0.3 is 54.9 Å². The van der Waals surface area contributed by atoms with E-state index in [1.807, 2.05) is 24.3 Å². The summed E-state index contributed by atoms with van der Waals surface area (Å²) in [6, 6.07) is 17.6. The third-order valence-corrected chi connectivity index (χ3v) is 14.4. The number of rotatable bonds is 9. The van der Waals surface area contributed by atoms with Crippen LogP contribution in [0.25, 0.3) is 0 Å². The van der Waals surface area contributed by atoms with Crippen LogP contribution in [0.15, 0.2) is 66.7 Å². The fourth-order valence-corrected chi connectivity index (χ4v) is 11.6. The van der Waals surface area contributed by atoms with Crippen LogP contribution < -0.4 is 10.2 Å². The molecule has 0 aromatic heterocycles. The largest absolute Gasteiger partial charge is 0.432 e. The molecule has 0 radical (unpaired) electrons. The Hall–Kier alpha value is -4.63. The fraction of sp³-hybridized carbons (Fsp3) is 0.462. The molecule has 0 saturated carbocycles. The number of fused-ring (bicyclic) bond motifs is 3. The van der Waals surface area contributed by atoms with Crippen molar-refractivity contribution < 1.29 is 59.1 Å². The Kier molecular flexibility index (Phi) is 10.9. The number of benzene rings is 3. The van der Waals surface area contributed by atoms with Crippen molar-refractivity contribution in [3.63, 3.8) is 0 Å². The van der Waals surface area contributed by atoms with Gasteiger partial charge in [0.15, 0.2) is 26.3 Å². The number of nitrogens with zero attached hydrogens (tertiary/aromatic N) is 3. The lowest BCUT2D eigenvalue weighted by atomic mass is 9.82. The van der Waals surface area contributed by atoms with E-state index in [0.29, 0.717) is 17.7 Å². The maximum atomic E-state index is 14.9. The number of ether oxygens (including phenoxy) is 2. The molecule has 3 amide bonds. The molecule has 57 heavy (non-hydrogen) atoms. The van der Waals surface area contributed by atoms with Crippen LogP contribution in [0.5, 0.6) is 0 Å². The summed E-state index contributed by atoms with van der Waals surface area (Å²) in [4.78, 5) is 68.2. The second-order valence-electron chi connectivity index (χ2n) is 15.9. The third-order valence-electron chi connectivity index (χ3n) is 11.8. The first-order valence-corrected chi connectivity index (χ1v) is 21.7. The summed E-state index contributed by atoms with van der Waals surface area (Å²) < 4.78 is 11.8. The first-order chi connectivity index (χ1) is 27.0. The molecule has 17 nitrogen and oxygen atoms in total. The smallest absolute Gasteiger partial charge is 0.269 e. The van der Waals surface area contributed by atoms with Crippen molar-refractivity contribution in [3.8, 4) is 0 Å².